The average molecular weight is 1130 g/mol. The zero-order valence-electron chi connectivity index (χ0n) is 50.5. The van der Waals surface area contributed by atoms with Gasteiger partial charge in [-0.2, -0.15) is 0 Å². The van der Waals surface area contributed by atoms with Crippen LogP contribution in [-0.4, -0.2) is 0 Å². The summed E-state index contributed by atoms with van der Waals surface area (Å²) in [7, 11) is 6.35. The van der Waals surface area contributed by atoms with Crippen molar-refractivity contribution >= 4 is 127 Å². The van der Waals surface area contributed by atoms with Crippen LogP contribution in [0.25, 0.3) is 138 Å². The second kappa shape index (κ2) is 21.1. The third kappa shape index (κ3) is 9.41. The van der Waals surface area contributed by atoms with Crippen LogP contribution in [0.4, 0.5) is 0 Å². The van der Waals surface area contributed by atoms with E-state index in [0.717, 1.165) is 16.8 Å². The molecule has 400 valence electrons. The van der Waals surface area contributed by atoms with Gasteiger partial charge in [-0.05, 0) is 119 Å². The Morgan fingerprint density at radius 1 is 0.301 bits per heavy atom. The van der Waals surface area contributed by atoms with Crippen LogP contribution in [0.1, 0.15) is 31.9 Å². The minimum atomic E-state index is -2.08. The summed E-state index contributed by atoms with van der Waals surface area (Å²) in [5, 5.41) is 15.7. The van der Waals surface area contributed by atoms with Crippen molar-refractivity contribution < 1.29 is 17.8 Å². The highest BCUT2D eigenvalue weighted by molar-refractivity contribution is 7.27. The van der Waals surface area contributed by atoms with Crippen molar-refractivity contribution in [3.05, 3.63) is 259 Å². The van der Waals surface area contributed by atoms with E-state index in [1.54, 1.807) is 12.1 Å². The van der Waals surface area contributed by atoms with Gasteiger partial charge in [0, 0.05) is 83.4 Å². The van der Waals surface area contributed by atoms with Crippen LogP contribution in [0.2, 0.25) is 0 Å². The molecule has 0 saturated heterocycles. The summed E-state index contributed by atoms with van der Waals surface area (Å²) in [5.74, 6) is 0. The molecule has 0 fully saturated rings. The zero-order chi connectivity index (χ0) is 59.1. The molecule has 16 aromatic rings. The summed E-state index contributed by atoms with van der Waals surface area (Å²) >= 11 is 5.63. The average Bonchev–Trinajstić information content (AvgIpc) is 1.81. The van der Waals surface area contributed by atoms with Crippen molar-refractivity contribution in [2.45, 2.75) is 34.5 Å². The van der Waals surface area contributed by atoms with Crippen LogP contribution in [0.3, 0.4) is 0 Å². The SMILES string of the molecule is Cc1ccc(-c2cc3sc4c5ccccc5ccc4c3c[n+]2C)c(C)c1.Cc1ccccc1-c1cc2sc3c4ccc(-c5ccccc5)cc4ccc3c2c[n+]1C.[2H]C([2H])([2H])c1ccc(-c2cc3sc4c5ccccc5ccc4c3c[n+]2C)c(C)c1. The molecule has 6 heterocycles. The third-order valence-corrected chi connectivity index (χ3v) is 20.2. The van der Waals surface area contributed by atoms with Crippen LogP contribution in [0.15, 0.2) is 231 Å². The third-order valence-electron chi connectivity index (χ3n) is 16.6. The summed E-state index contributed by atoms with van der Waals surface area (Å²) < 4.78 is 37.6. The van der Waals surface area contributed by atoms with Gasteiger partial charge in [-0.1, -0.05) is 181 Å². The van der Waals surface area contributed by atoms with Gasteiger partial charge in [-0.15, -0.1) is 34.0 Å². The molecule has 0 atom stereocenters. The molecule has 0 saturated carbocycles. The standard InChI is InChI=1S/C29H22NS.2C24H20NS/c1-19-8-6-7-11-23(19)27-17-28-26(18-30(27)2)25-15-13-22-16-21(20-9-4-3-5-10-20)12-14-24(22)29(25)31-28;2*1-15-8-10-18(16(2)12-15)22-13-23-21(14-25(22)3)20-11-9-17-6-4-5-7-19(17)24(20)26-23/h3-18H,1-2H3;2*4-14H,1-3H3/q3*+1/i;1D3;. The summed E-state index contributed by atoms with van der Waals surface area (Å²) in [6.45, 7) is 6.43. The number of benzene rings is 10. The number of rotatable bonds is 4. The van der Waals surface area contributed by atoms with E-state index in [1.165, 1.54) is 143 Å². The number of pyridine rings is 3. The van der Waals surface area contributed by atoms with E-state index < -0.39 is 6.85 Å². The summed E-state index contributed by atoms with van der Waals surface area (Å²) in [6.07, 6.45) is 6.77. The lowest BCUT2D eigenvalue weighted by Gasteiger charge is -2.05. The molecule has 0 aliphatic carbocycles. The van der Waals surface area contributed by atoms with Gasteiger partial charge in [-0.25, -0.2) is 13.7 Å². The smallest absolute Gasteiger partial charge is 0.200 e. The normalized spacial score (nSPS) is 12.3. The molecule has 0 N–H and O–H groups in total. The molecule has 0 aliphatic heterocycles. The molecule has 10 aromatic carbocycles. The Morgan fingerprint density at radius 3 is 1.20 bits per heavy atom. The quantitative estimate of drug-likeness (QED) is 0.156. The van der Waals surface area contributed by atoms with Crippen molar-refractivity contribution in [1.29, 1.82) is 0 Å². The lowest BCUT2D eigenvalue weighted by molar-refractivity contribution is -0.659. The van der Waals surface area contributed by atoms with Gasteiger partial charge in [0.25, 0.3) is 0 Å². The molecular weight excluding hydrogens is 1060 g/mol. The number of nitrogens with zero attached hydrogens (tertiary/aromatic N) is 3. The Hall–Kier alpha value is -8.91. The minimum absolute atomic E-state index is 0.385. The Morgan fingerprint density at radius 2 is 0.711 bits per heavy atom. The number of aromatic nitrogens is 3. The van der Waals surface area contributed by atoms with Gasteiger partial charge in [0.2, 0.25) is 17.1 Å². The maximum absolute atomic E-state index is 7.65. The number of aryl methyl sites for hydroxylation is 8. The monoisotopic (exact) mass is 1130 g/mol. The molecule has 0 bridgehead atoms. The first-order chi connectivity index (χ1) is 41.6. The van der Waals surface area contributed by atoms with Crippen LogP contribution >= 0.6 is 34.0 Å². The maximum Gasteiger partial charge on any atom is 0.213 e. The second-order valence-electron chi connectivity index (χ2n) is 22.2. The first-order valence-electron chi connectivity index (χ1n) is 29.7. The first kappa shape index (κ1) is 48.8. The van der Waals surface area contributed by atoms with Crippen LogP contribution in [0, 0.1) is 34.5 Å². The Kier molecular flexibility index (Phi) is 12.4. The largest absolute Gasteiger partial charge is 0.213 e. The van der Waals surface area contributed by atoms with Crippen molar-refractivity contribution in [2.75, 3.05) is 0 Å². The molecule has 16 rings (SSSR count). The lowest BCUT2D eigenvalue weighted by atomic mass is 10.00. The van der Waals surface area contributed by atoms with Crippen molar-refractivity contribution in [1.82, 2.24) is 0 Å². The highest BCUT2D eigenvalue weighted by atomic mass is 32.1. The molecule has 0 unspecified atom stereocenters. The Balaban J connectivity index is 0.000000114. The maximum atomic E-state index is 7.65. The van der Waals surface area contributed by atoms with Crippen LogP contribution in [-0.2, 0) is 21.1 Å². The van der Waals surface area contributed by atoms with E-state index in [9.17, 15) is 0 Å². The summed E-state index contributed by atoms with van der Waals surface area (Å²) in [4.78, 5) is 0. The number of fused-ring (bicyclic) bond motifs is 15. The van der Waals surface area contributed by atoms with Crippen molar-refractivity contribution in [3.63, 3.8) is 0 Å². The van der Waals surface area contributed by atoms with Crippen molar-refractivity contribution in [3.8, 4) is 44.9 Å². The fraction of sp³-hybridized carbons (Fsp3) is 0.104. The van der Waals surface area contributed by atoms with Gasteiger partial charge in [0.1, 0.15) is 21.1 Å². The first-order valence-corrected chi connectivity index (χ1v) is 30.6. The second-order valence-corrected chi connectivity index (χ2v) is 25.3. The van der Waals surface area contributed by atoms with E-state index in [4.69, 9.17) is 4.11 Å². The fourth-order valence-corrected chi connectivity index (χ4v) is 16.1. The van der Waals surface area contributed by atoms with E-state index in [0.29, 0.717) is 5.56 Å². The summed E-state index contributed by atoms with van der Waals surface area (Å²) in [5.41, 5.74) is 15.1. The molecule has 3 nitrogen and oxygen atoms in total. The topological polar surface area (TPSA) is 11.6 Å². The Bertz CT molecular complexity index is 5380. The minimum Gasteiger partial charge on any atom is -0.200 e. The lowest BCUT2D eigenvalue weighted by Crippen LogP contribution is -2.30. The number of hydrogen-bond donors (Lipinski definition) is 0. The number of hydrogen-bond acceptors (Lipinski definition) is 3. The van der Waals surface area contributed by atoms with Crippen molar-refractivity contribution in [2.24, 2.45) is 21.1 Å². The molecule has 0 radical (unpaired) electrons. The predicted octanol–water partition coefficient (Wildman–Crippen LogP) is 20.3. The van der Waals surface area contributed by atoms with Gasteiger partial charge < -0.3 is 0 Å². The van der Waals surface area contributed by atoms with E-state index in [2.05, 4.69) is 268 Å². The predicted molar refractivity (Wildman–Crippen MR) is 359 cm³/mol. The number of thiophene rings is 3. The van der Waals surface area contributed by atoms with Gasteiger partial charge in [-0.3, -0.25) is 0 Å². The zero-order valence-corrected chi connectivity index (χ0v) is 50.0. The fourth-order valence-electron chi connectivity index (χ4n) is 12.4. The molecule has 0 amide bonds. The van der Waals surface area contributed by atoms with E-state index in [-0.39, 0.29) is 0 Å². The molecule has 6 aromatic heterocycles. The van der Waals surface area contributed by atoms with Crippen LogP contribution in [0.5, 0.6) is 0 Å². The molecule has 0 spiro atoms. The summed E-state index contributed by atoms with van der Waals surface area (Å²) in [6, 6.07) is 75.8. The highest BCUT2D eigenvalue weighted by Gasteiger charge is 2.22. The Labute approximate surface area is 500 Å². The van der Waals surface area contributed by atoms with Gasteiger partial charge >= 0.3 is 0 Å². The molecule has 0 aliphatic rings. The molecule has 83 heavy (non-hydrogen) atoms. The van der Waals surface area contributed by atoms with Gasteiger partial charge in [0.05, 0.1) is 16.2 Å². The van der Waals surface area contributed by atoms with E-state index >= 15 is 0 Å². The van der Waals surface area contributed by atoms with Gasteiger partial charge in [0.15, 0.2) is 18.6 Å². The molecular formula is C77H62N3S3+3. The molecule has 6 heteroatoms. The highest BCUT2D eigenvalue weighted by Crippen LogP contribution is 2.43. The van der Waals surface area contributed by atoms with E-state index in [1.807, 2.05) is 47.0 Å². The van der Waals surface area contributed by atoms with Crippen LogP contribution < -0.4 is 13.7 Å².